The maximum atomic E-state index is 4.81. The minimum absolute atomic E-state index is 0. The molecule has 8 heteroatoms. The Bertz CT molecular complexity index is 579. The molecule has 0 radical (unpaired) electrons. The van der Waals surface area contributed by atoms with E-state index in [0.29, 0.717) is 6.04 Å². The molecule has 0 spiro atoms. The summed E-state index contributed by atoms with van der Waals surface area (Å²) >= 11 is 0. The molecule has 0 bridgehead atoms. The molecule has 1 saturated heterocycles. The fourth-order valence-corrected chi connectivity index (χ4v) is 3.54. The second-order valence-corrected chi connectivity index (χ2v) is 7.47. The number of aliphatic imine (C=N–C) groups is 1. The van der Waals surface area contributed by atoms with E-state index in [9.17, 15) is 0 Å². The van der Waals surface area contributed by atoms with Crippen LogP contribution in [-0.2, 0) is 6.54 Å². The lowest BCUT2D eigenvalue weighted by molar-refractivity contribution is 0.109. The molecule has 1 aromatic heterocycles. The molecule has 1 fully saturated rings. The van der Waals surface area contributed by atoms with E-state index in [1.807, 2.05) is 6.92 Å². The zero-order chi connectivity index (χ0) is 19.6. The number of hydrogen-bond donors (Lipinski definition) is 2. The van der Waals surface area contributed by atoms with E-state index in [0.717, 1.165) is 63.9 Å². The van der Waals surface area contributed by atoms with Gasteiger partial charge in [-0.15, -0.1) is 24.0 Å². The number of hydrogen-bond acceptors (Lipinski definition) is 4. The van der Waals surface area contributed by atoms with E-state index in [4.69, 9.17) is 4.99 Å². The standard InChI is InChI=1S/C20H39N7.HI/c1-6-21-20(22-9-8-10-27-18(4)15-17(3)24-27)23-16-19(5)26-13-11-25(7-2)12-14-26;/h15,19H,6-14,16H2,1-5H3,(H2,21,22,23);1H. The molecule has 1 aliphatic rings. The molecule has 1 aliphatic heterocycles. The molecule has 7 nitrogen and oxygen atoms in total. The predicted octanol–water partition coefficient (Wildman–Crippen LogP) is 2.09. The zero-order valence-corrected chi connectivity index (χ0v) is 20.7. The predicted molar refractivity (Wildman–Crippen MR) is 129 cm³/mol. The van der Waals surface area contributed by atoms with Gasteiger partial charge in [0.25, 0.3) is 0 Å². The molecule has 0 aromatic carbocycles. The Hall–Kier alpha value is -0.870. The van der Waals surface area contributed by atoms with Gasteiger partial charge in [-0.05, 0) is 46.7 Å². The number of aromatic nitrogens is 2. The van der Waals surface area contributed by atoms with Crippen LogP contribution < -0.4 is 10.6 Å². The minimum Gasteiger partial charge on any atom is -0.357 e. The minimum atomic E-state index is 0. The first-order valence-corrected chi connectivity index (χ1v) is 10.5. The van der Waals surface area contributed by atoms with Gasteiger partial charge in [-0.3, -0.25) is 14.6 Å². The van der Waals surface area contributed by atoms with Crippen molar-refractivity contribution >= 4 is 29.9 Å². The molecule has 1 atom stereocenters. The van der Waals surface area contributed by atoms with Crippen molar-refractivity contribution in [3.05, 3.63) is 17.5 Å². The highest BCUT2D eigenvalue weighted by molar-refractivity contribution is 14.0. The SMILES string of the molecule is CCNC(=NCC(C)N1CCN(CC)CC1)NCCCn1nc(C)cc1C.I. The molecular weight excluding hydrogens is 465 g/mol. The van der Waals surface area contributed by atoms with Gasteiger partial charge in [0.15, 0.2) is 5.96 Å². The molecule has 1 unspecified atom stereocenters. The molecule has 162 valence electrons. The summed E-state index contributed by atoms with van der Waals surface area (Å²) < 4.78 is 2.08. The highest BCUT2D eigenvalue weighted by atomic mass is 127. The first-order chi connectivity index (χ1) is 13.0. The van der Waals surface area contributed by atoms with Crippen LogP contribution in [0.2, 0.25) is 0 Å². The molecule has 0 aliphatic carbocycles. The average Bonchev–Trinajstić information content (AvgIpc) is 3.00. The van der Waals surface area contributed by atoms with Gasteiger partial charge in [0, 0.05) is 57.5 Å². The van der Waals surface area contributed by atoms with E-state index in [2.05, 4.69) is 64.0 Å². The third-order valence-corrected chi connectivity index (χ3v) is 5.28. The quantitative estimate of drug-likeness (QED) is 0.233. The van der Waals surface area contributed by atoms with Crippen molar-refractivity contribution in [3.63, 3.8) is 0 Å². The summed E-state index contributed by atoms with van der Waals surface area (Å²) in [4.78, 5) is 9.88. The van der Waals surface area contributed by atoms with Gasteiger partial charge in [-0.2, -0.15) is 5.10 Å². The highest BCUT2D eigenvalue weighted by Gasteiger charge is 2.19. The molecule has 0 saturated carbocycles. The van der Waals surface area contributed by atoms with Crippen LogP contribution in [0.4, 0.5) is 0 Å². The molecule has 1 aromatic rings. The zero-order valence-electron chi connectivity index (χ0n) is 18.4. The Morgan fingerprint density at radius 1 is 1.18 bits per heavy atom. The van der Waals surface area contributed by atoms with E-state index < -0.39 is 0 Å². The second-order valence-electron chi connectivity index (χ2n) is 7.47. The van der Waals surface area contributed by atoms with Crippen LogP contribution in [0.1, 0.15) is 38.6 Å². The Kier molecular flexibility index (Phi) is 12.0. The normalized spacial score (nSPS) is 17.2. The number of guanidine groups is 1. The number of piperazine rings is 1. The molecule has 28 heavy (non-hydrogen) atoms. The van der Waals surface area contributed by atoms with Crippen LogP contribution in [-0.4, -0.2) is 83.9 Å². The van der Waals surface area contributed by atoms with Gasteiger partial charge >= 0.3 is 0 Å². The van der Waals surface area contributed by atoms with Crippen LogP contribution in [0.25, 0.3) is 0 Å². The number of halogens is 1. The van der Waals surface area contributed by atoms with Crippen molar-refractivity contribution in [1.29, 1.82) is 0 Å². The summed E-state index contributed by atoms with van der Waals surface area (Å²) in [5.74, 6) is 0.921. The van der Waals surface area contributed by atoms with E-state index in [1.54, 1.807) is 0 Å². The fourth-order valence-electron chi connectivity index (χ4n) is 3.54. The largest absolute Gasteiger partial charge is 0.357 e. The van der Waals surface area contributed by atoms with Crippen molar-refractivity contribution in [2.75, 3.05) is 52.4 Å². The summed E-state index contributed by atoms with van der Waals surface area (Å²) in [6.45, 7) is 20.2. The summed E-state index contributed by atoms with van der Waals surface area (Å²) in [6.07, 6.45) is 1.03. The lowest BCUT2D eigenvalue weighted by Crippen LogP contribution is -2.50. The number of nitrogens with one attached hydrogen (secondary N) is 2. The summed E-state index contributed by atoms with van der Waals surface area (Å²) in [6, 6.07) is 2.61. The number of likely N-dealkylation sites (N-methyl/N-ethyl adjacent to an activating group) is 1. The first kappa shape index (κ1) is 25.2. The summed E-state index contributed by atoms with van der Waals surface area (Å²) in [5.41, 5.74) is 2.31. The lowest BCUT2D eigenvalue weighted by Gasteiger charge is -2.37. The van der Waals surface area contributed by atoms with Gasteiger partial charge in [0.05, 0.1) is 12.2 Å². The Balaban J connectivity index is 0.00000392. The monoisotopic (exact) mass is 505 g/mol. The Morgan fingerprint density at radius 2 is 1.89 bits per heavy atom. The maximum absolute atomic E-state index is 4.81. The van der Waals surface area contributed by atoms with Crippen LogP contribution in [0.5, 0.6) is 0 Å². The Morgan fingerprint density at radius 3 is 2.46 bits per heavy atom. The van der Waals surface area contributed by atoms with Crippen molar-refractivity contribution in [2.24, 2.45) is 4.99 Å². The number of nitrogens with zero attached hydrogens (tertiary/aromatic N) is 5. The van der Waals surface area contributed by atoms with Gasteiger partial charge in [-0.1, -0.05) is 6.92 Å². The number of aryl methyl sites for hydroxylation is 3. The summed E-state index contributed by atoms with van der Waals surface area (Å²) in [7, 11) is 0. The number of rotatable bonds is 9. The lowest BCUT2D eigenvalue weighted by atomic mass is 10.2. The van der Waals surface area contributed by atoms with Crippen LogP contribution in [0.3, 0.4) is 0 Å². The van der Waals surface area contributed by atoms with Crippen molar-refractivity contribution in [2.45, 2.75) is 53.6 Å². The second kappa shape index (κ2) is 13.4. The van der Waals surface area contributed by atoms with E-state index >= 15 is 0 Å². The van der Waals surface area contributed by atoms with Crippen LogP contribution >= 0.6 is 24.0 Å². The van der Waals surface area contributed by atoms with E-state index in [1.165, 1.54) is 18.8 Å². The fraction of sp³-hybridized carbons (Fsp3) is 0.800. The molecule has 0 amide bonds. The Labute approximate surface area is 188 Å². The maximum Gasteiger partial charge on any atom is 0.191 e. The smallest absolute Gasteiger partial charge is 0.191 e. The van der Waals surface area contributed by atoms with Gasteiger partial charge in [0.2, 0.25) is 0 Å². The van der Waals surface area contributed by atoms with Crippen LogP contribution in [0, 0.1) is 13.8 Å². The third-order valence-electron chi connectivity index (χ3n) is 5.28. The van der Waals surface area contributed by atoms with Crippen molar-refractivity contribution < 1.29 is 0 Å². The average molecular weight is 505 g/mol. The van der Waals surface area contributed by atoms with Gasteiger partial charge in [0.1, 0.15) is 0 Å². The summed E-state index contributed by atoms with van der Waals surface area (Å²) in [5, 5.41) is 11.3. The van der Waals surface area contributed by atoms with Crippen molar-refractivity contribution in [1.82, 2.24) is 30.2 Å². The molecule has 2 rings (SSSR count). The molecular formula is C20H40IN7. The molecule has 2 N–H and O–H groups in total. The topological polar surface area (TPSA) is 60.7 Å². The van der Waals surface area contributed by atoms with Crippen LogP contribution in [0.15, 0.2) is 11.1 Å². The highest BCUT2D eigenvalue weighted by Crippen LogP contribution is 2.06. The third kappa shape index (κ3) is 8.24. The first-order valence-electron chi connectivity index (χ1n) is 10.5. The van der Waals surface area contributed by atoms with Gasteiger partial charge in [-0.25, -0.2) is 0 Å². The van der Waals surface area contributed by atoms with Gasteiger partial charge < -0.3 is 15.5 Å². The van der Waals surface area contributed by atoms with E-state index in [-0.39, 0.29) is 24.0 Å². The van der Waals surface area contributed by atoms with Crippen molar-refractivity contribution in [3.8, 4) is 0 Å². The molecule has 2 heterocycles.